The molecule has 1 aromatic carbocycles. The molecule has 0 saturated carbocycles. The molecule has 19 heavy (non-hydrogen) atoms. The fourth-order valence-electron chi connectivity index (χ4n) is 1.77. The maximum atomic E-state index is 12.1. The van der Waals surface area contributed by atoms with Crippen molar-refractivity contribution in [3.05, 3.63) is 50.1 Å². The third-order valence-electron chi connectivity index (χ3n) is 2.68. The number of benzene rings is 1. The van der Waals surface area contributed by atoms with Gasteiger partial charge in [0.2, 0.25) is 0 Å². The zero-order valence-electron chi connectivity index (χ0n) is 10.6. The van der Waals surface area contributed by atoms with Crippen molar-refractivity contribution in [1.82, 2.24) is 0 Å². The first-order chi connectivity index (χ1) is 8.97. The molecule has 2 nitrogen and oxygen atoms in total. The predicted octanol–water partition coefficient (Wildman–Crippen LogP) is 4.12. The minimum absolute atomic E-state index is 0.0403. The van der Waals surface area contributed by atoms with E-state index in [-0.39, 0.29) is 11.5 Å². The van der Waals surface area contributed by atoms with E-state index in [1.165, 1.54) is 0 Å². The maximum Gasteiger partial charge on any atom is 0.176 e. The number of thiophene rings is 1. The highest BCUT2D eigenvalue weighted by molar-refractivity contribution is 9.10. The second kappa shape index (κ2) is 6.11. The average Bonchev–Trinajstić information content (AvgIpc) is 2.69. The number of carbonyl (C=O) groups is 1. The highest BCUT2D eigenvalue weighted by Crippen LogP contribution is 2.22. The topological polar surface area (TPSA) is 34.1 Å². The third kappa shape index (κ3) is 3.61. The number of halogens is 1. The van der Waals surface area contributed by atoms with Crippen molar-refractivity contribution in [3.63, 3.8) is 0 Å². The van der Waals surface area contributed by atoms with Gasteiger partial charge in [0.15, 0.2) is 5.78 Å². The summed E-state index contributed by atoms with van der Waals surface area (Å²) in [4.78, 5) is 14.9. The zero-order chi connectivity index (χ0) is 14.0. The van der Waals surface area contributed by atoms with Gasteiger partial charge in [0.1, 0.15) is 0 Å². The highest BCUT2D eigenvalue weighted by atomic mass is 79.9. The largest absolute Gasteiger partial charge is 0.293 e. The van der Waals surface area contributed by atoms with E-state index in [9.17, 15) is 9.00 Å². The summed E-state index contributed by atoms with van der Waals surface area (Å²) < 4.78 is 13.1. The lowest BCUT2D eigenvalue weighted by Gasteiger charge is -2.02. The van der Waals surface area contributed by atoms with Crippen LogP contribution in [-0.2, 0) is 10.8 Å². The van der Waals surface area contributed by atoms with Crippen LogP contribution in [0.1, 0.15) is 20.1 Å². The Morgan fingerprint density at radius 2 is 1.89 bits per heavy atom. The number of Topliss-reactive ketones (excluding diaryl/α,β-unsaturated/α-hetero) is 1. The Labute approximate surface area is 127 Å². The summed E-state index contributed by atoms with van der Waals surface area (Å²) in [6.07, 6.45) is 0. The molecule has 1 atom stereocenters. The maximum absolute atomic E-state index is 12.1. The van der Waals surface area contributed by atoms with Crippen LogP contribution in [0.3, 0.4) is 0 Å². The molecule has 0 aliphatic carbocycles. The van der Waals surface area contributed by atoms with Gasteiger partial charge in [-0.2, -0.15) is 0 Å². The van der Waals surface area contributed by atoms with E-state index in [4.69, 9.17) is 0 Å². The SMILES string of the molecule is Cc1cc(C(=O)CS(=O)c2ccc(Br)cc2)c(C)s1. The minimum atomic E-state index is -1.29. The molecule has 0 radical (unpaired) electrons. The van der Waals surface area contributed by atoms with Crippen molar-refractivity contribution < 1.29 is 9.00 Å². The van der Waals surface area contributed by atoms with Gasteiger partial charge < -0.3 is 0 Å². The molecule has 2 rings (SSSR count). The number of carbonyl (C=O) groups excluding carboxylic acids is 1. The Morgan fingerprint density at radius 1 is 1.26 bits per heavy atom. The summed E-state index contributed by atoms with van der Waals surface area (Å²) in [5.41, 5.74) is 0.702. The van der Waals surface area contributed by atoms with Gasteiger partial charge in [0, 0.05) is 24.7 Å². The van der Waals surface area contributed by atoms with Gasteiger partial charge in [-0.1, -0.05) is 15.9 Å². The first kappa shape index (κ1) is 14.6. The lowest BCUT2D eigenvalue weighted by molar-refractivity contribution is 0.102. The second-order valence-electron chi connectivity index (χ2n) is 4.19. The van der Waals surface area contributed by atoms with Crippen molar-refractivity contribution in [2.45, 2.75) is 18.7 Å². The first-order valence-corrected chi connectivity index (χ1v) is 8.64. The molecule has 2 aromatic rings. The van der Waals surface area contributed by atoms with Gasteiger partial charge in [0.25, 0.3) is 0 Å². The zero-order valence-corrected chi connectivity index (χ0v) is 13.8. The summed E-state index contributed by atoms with van der Waals surface area (Å²) >= 11 is 4.93. The molecule has 0 fully saturated rings. The summed E-state index contributed by atoms with van der Waals surface area (Å²) in [6.45, 7) is 3.90. The molecule has 0 bridgehead atoms. The molecule has 0 N–H and O–H groups in total. The summed E-state index contributed by atoms with van der Waals surface area (Å²) in [6, 6.07) is 9.09. The molecule has 0 aliphatic rings. The molecule has 0 saturated heterocycles. The fraction of sp³-hybridized carbons (Fsp3) is 0.214. The first-order valence-electron chi connectivity index (χ1n) is 5.71. The number of hydrogen-bond acceptors (Lipinski definition) is 3. The summed E-state index contributed by atoms with van der Waals surface area (Å²) in [5, 5.41) is 0. The molecular formula is C14H13BrO2S2. The average molecular weight is 357 g/mol. The van der Waals surface area contributed by atoms with Gasteiger partial charge in [-0.3, -0.25) is 9.00 Å². The summed E-state index contributed by atoms with van der Waals surface area (Å²) in [7, 11) is -1.29. The Kier molecular flexibility index (Phi) is 4.71. The number of rotatable bonds is 4. The summed E-state index contributed by atoms with van der Waals surface area (Å²) in [5.74, 6) is -0.0124. The molecular weight excluding hydrogens is 344 g/mol. The smallest absolute Gasteiger partial charge is 0.176 e. The molecule has 0 amide bonds. The Bertz CT molecular complexity index is 629. The van der Waals surface area contributed by atoms with E-state index >= 15 is 0 Å². The van der Waals surface area contributed by atoms with Crippen LogP contribution in [0.15, 0.2) is 39.7 Å². The molecule has 100 valence electrons. The Hall–Kier alpha value is -0.780. The van der Waals surface area contributed by atoms with Gasteiger partial charge in [-0.05, 0) is 44.2 Å². The van der Waals surface area contributed by atoms with Crippen LogP contribution in [0.5, 0.6) is 0 Å². The van der Waals surface area contributed by atoms with Gasteiger partial charge >= 0.3 is 0 Å². The van der Waals surface area contributed by atoms with Crippen LogP contribution >= 0.6 is 27.3 Å². The molecule has 1 unspecified atom stereocenters. The van der Waals surface area contributed by atoms with Gasteiger partial charge in [0.05, 0.1) is 16.6 Å². The molecule has 0 aliphatic heterocycles. The fourth-order valence-corrected chi connectivity index (χ4v) is 3.98. The van der Waals surface area contributed by atoms with Crippen molar-refractivity contribution in [2.75, 3.05) is 5.75 Å². The van der Waals surface area contributed by atoms with E-state index < -0.39 is 10.8 Å². The van der Waals surface area contributed by atoms with E-state index in [1.54, 1.807) is 23.5 Å². The second-order valence-corrected chi connectivity index (χ2v) is 8.02. The van der Waals surface area contributed by atoms with Crippen molar-refractivity contribution in [3.8, 4) is 0 Å². The van der Waals surface area contributed by atoms with E-state index in [0.29, 0.717) is 10.5 Å². The van der Waals surface area contributed by atoms with Crippen LogP contribution in [-0.4, -0.2) is 15.7 Å². The minimum Gasteiger partial charge on any atom is -0.293 e. The van der Waals surface area contributed by atoms with Crippen molar-refractivity contribution in [1.29, 1.82) is 0 Å². The monoisotopic (exact) mass is 356 g/mol. The van der Waals surface area contributed by atoms with Crippen molar-refractivity contribution in [2.24, 2.45) is 0 Å². The lowest BCUT2D eigenvalue weighted by atomic mass is 10.2. The van der Waals surface area contributed by atoms with E-state index in [1.807, 2.05) is 32.0 Å². The normalized spacial score (nSPS) is 12.4. The Morgan fingerprint density at radius 3 is 2.42 bits per heavy atom. The standard InChI is InChI=1S/C14H13BrO2S2/c1-9-7-13(10(2)18-9)14(16)8-19(17)12-5-3-11(15)4-6-12/h3-7H,8H2,1-2H3. The molecule has 0 spiro atoms. The van der Waals surface area contributed by atoms with Crippen LogP contribution in [0.2, 0.25) is 0 Å². The molecule has 1 heterocycles. The quantitative estimate of drug-likeness (QED) is 0.772. The molecule has 5 heteroatoms. The Balaban J connectivity index is 2.13. The number of hydrogen-bond donors (Lipinski definition) is 0. The van der Waals surface area contributed by atoms with Crippen LogP contribution < -0.4 is 0 Å². The number of aryl methyl sites for hydroxylation is 2. The highest BCUT2D eigenvalue weighted by Gasteiger charge is 2.16. The predicted molar refractivity (Wildman–Crippen MR) is 83.5 cm³/mol. The number of ketones is 1. The van der Waals surface area contributed by atoms with Gasteiger partial charge in [-0.25, -0.2) is 0 Å². The van der Waals surface area contributed by atoms with Gasteiger partial charge in [-0.15, -0.1) is 11.3 Å². The van der Waals surface area contributed by atoms with Crippen molar-refractivity contribution >= 4 is 43.8 Å². The van der Waals surface area contributed by atoms with Crippen LogP contribution in [0.25, 0.3) is 0 Å². The molecule has 1 aromatic heterocycles. The van der Waals surface area contributed by atoms with Crippen LogP contribution in [0.4, 0.5) is 0 Å². The van der Waals surface area contributed by atoms with E-state index in [2.05, 4.69) is 15.9 Å². The van der Waals surface area contributed by atoms with Crippen LogP contribution in [0, 0.1) is 13.8 Å². The lowest BCUT2D eigenvalue weighted by Crippen LogP contribution is -2.11. The van der Waals surface area contributed by atoms with E-state index in [0.717, 1.165) is 14.2 Å². The third-order valence-corrected chi connectivity index (χ3v) is 5.50.